The zero-order valence-corrected chi connectivity index (χ0v) is 32.5. The molecule has 0 aromatic heterocycles. The number of carbonyl (C=O) groups is 4. The van der Waals surface area contributed by atoms with E-state index in [-0.39, 0.29) is 65.8 Å². The Morgan fingerprint density at radius 3 is 1.17 bits per heavy atom. The van der Waals surface area contributed by atoms with Crippen LogP contribution < -0.4 is 29.6 Å². The van der Waals surface area contributed by atoms with Gasteiger partial charge in [0.2, 0.25) is 12.1 Å². The number of rotatable bonds is 15. The molecule has 0 aliphatic heterocycles. The lowest BCUT2D eigenvalue weighted by molar-refractivity contribution is -0.127. The largest absolute Gasteiger partial charge is 0.495 e. The highest BCUT2D eigenvalue weighted by molar-refractivity contribution is 6.34. The van der Waals surface area contributed by atoms with Crippen molar-refractivity contribution in [3.63, 3.8) is 0 Å². The van der Waals surface area contributed by atoms with Gasteiger partial charge in [0.25, 0.3) is 11.8 Å². The van der Waals surface area contributed by atoms with Crippen LogP contribution in [0, 0.1) is 0 Å². The fraction of sp³-hybridized carbons (Fsp3) is 0.222. The summed E-state index contributed by atoms with van der Waals surface area (Å²) in [6.07, 6.45) is 0. The Balaban J connectivity index is 1.50. The van der Waals surface area contributed by atoms with Crippen molar-refractivity contribution in [2.75, 3.05) is 39.1 Å². The van der Waals surface area contributed by atoms with E-state index < -0.39 is 35.5 Å². The van der Waals surface area contributed by atoms with Crippen molar-refractivity contribution in [1.82, 2.24) is 0 Å². The number of anilines is 2. The Bertz CT molecular complexity index is 2010. The van der Waals surface area contributed by atoms with Crippen LogP contribution in [0.3, 0.4) is 0 Å². The third-order valence-corrected chi connectivity index (χ3v) is 8.72. The number of carbonyl (C=O) groups excluding carboxylic acids is 4. The first kappa shape index (κ1) is 41.5. The third-order valence-electron chi connectivity index (χ3n) is 7.52. The fourth-order valence-electron chi connectivity index (χ4n) is 4.73. The molecule has 0 aliphatic carbocycles. The van der Waals surface area contributed by atoms with Gasteiger partial charge in [-0.25, -0.2) is 0 Å². The number of ketones is 2. The van der Waals surface area contributed by atoms with Crippen LogP contribution in [0.5, 0.6) is 23.0 Å². The molecule has 0 heterocycles. The van der Waals surface area contributed by atoms with Gasteiger partial charge in [0.15, 0.2) is 11.6 Å². The van der Waals surface area contributed by atoms with Crippen LogP contribution in [0.25, 0.3) is 11.1 Å². The molecule has 0 saturated heterocycles. The topological polar surface area (TPSA) is 179 Å². The molecular weight excluding hydrogens is 786 g/mol. The fourth-order valence-corrected chi connectivity index (χ4v) is 5.63. The van der Waals surface area contributed by atoms with Crippen molar-refractivity contribution < 1.29 is 38.1 Å². The van der Waals surface area contributed by atoms with Crippen LogP contribution in [0.1, 0.15) is 13.8 Å². The molecule has 4 aromatic carbocycles. The van der Waals surface area contributed by atoms with Gasteiger partial charge in [-0.15, -0.1) is 0 Å². The molecule has 4 rings (SSSR count). The van der Waals surface area contributed by atoms with Crippen LogP contribution in [0.15, 0.2) is 81.1 Å². The van der Waals surface area contributed by atoms with Crippen LogP contribution in [-0.4, -0.2) is 63.9 Å². The predicted molar refractivity (Wildman–Crippen MR) is 206 cm³/mol. The molecule has 2 amide bonds. The van der Waals surface area contributed by atoms with Crippen molar-refractivity contribution in [2.45, 2.75) is 25.9 Å². The Morgan fingerprint density at radius 1 is 0.519 bits per heavy atom. The first-order valence-corrected chi connectivity index (χ1v) is 17.1. The molecule has 0 radical (unpaired) electrons. The van der Waals surface area contributed by atoms with Gasteiger partial charge in [-0.3, -0.25) is 19.2 Å². The quantitative estimate of drug-likeness (QED) is 0.0880. The number of hydrogen-bond acceptors (Lipinski definition) is 12. The summed E-state index contributed by atoms with van der Waals surface area (Å²) in [5.74, 6) is -1.66. The molecule has 282 valence electrons. The van der Waals surface area contributed by atoms with E-state index in [4.69, 9.17) is 65.4 Å². The average molecular weight is 818 g/mol. The maximum Gasteiger partial charge on any atom is 0.258 e. The molecule has 2 atom stereocenters. The second-order valence-electron chi connectivity index (χ2n) is 11.1. The summed E-state index contributed by atoms with van der Waals surface area (Å²) in [6, 6.07) is 12.4. The van der Waals surface area contributed by atoms with E-state index in [1.165, 1.54) is 66.6 Å². The zero-order chi connectivity index (χ0) is 39.7. The highest BCUT2D eigenvalue weighted by Gasteiger charge is 2.26. The number of hydrogen-bond donors (Lipinski definition) is 2. The van der Waals surface area contributed by atoms with E-state index >= 15 is 0 Å². The number of nitrogens with zero attached hydrogens (tertiary/aromatic N) is 4. The van der Waals surface area contributed by atoms with Crippen LogP contribution >= 0.6 is 46.4 Å². The number of methoxy groups -OCH3 is 4. The molecule has 4 aromatic rings. The minimum absolute atomic E-state index is 0.160. The number of halogens is 4. The van der Waals surface area contributed by atoms with Gasteiger partial charge in [-0.05, 0) is 49.2 Å². The summed E-state index contributed by atoms with van der Waals surface area (Å²) < 4.78 is 21.0. The zero-order valence-electron chi connectivity index (χ0n) is 29.5. The van der Waals surface area contributed by atoms with Crippen molar-refractivity contribution in [1.29, 1.82) is 0 Å². The summed E-state index contributed by atoms with van der Waals surface area (Å²) in [4.78, 5) is 50.9. The molecule has 2 unspecified atom stereocenters. The SMILES string of the molecule is COc1cc(NC(=O)C(N=Nc2ccc(-c3ccc(N=NC(C(C)=O)C(=O)Nc4cc(OC)c(Cl)cc4OC)c(Cl)c3)cc2Cl)C(C)=O)c(OC)cc1Cl. The van der Waals surface area contributed by atoms with Crippen LogP contribution in [0.4, 0.5) is 22.7 Å². The highest BCUT2D eigenvalue weighted by atomic mass is 35.5. The van der Waals surface area contributed by atoms with E-state index in [1.807, 2.05) is 0 Å². The monoisotopic (exact) mass is 816 g/mol. The van der Waals surface area contributed by atoms with Crippen molar-refractivity contribution in [3.8, 4) is 34.1 Å². The number of Topliss-reactive ketones (excluding diaryl/α,β-unsaturated/α-hetero) is 2. The van der Waals surface area contributed by atoms with Crippen molar-refractivity contribution >= 4 is 92.5 Å². The minimum Gasteiger partial charge on any atom is -0.495 e. The number of amides is 2. The van der Waals surface area contributed by atoms with Gasteiger partial charge >= 0.3 is 0 Å². The standard InChI is InChI=1S/C36H32Cl4N6O8/c1-17(47)33(35(49)41-27-15-29(51-3)23(39)13-31(27)53-5)45-43-25-9-7-19(11-21(25)37)20-8-10-26(22(38)12-20)44-46-34(18(2)48)36(50)42-28-16-30(52-4)24(40)14-32(28)54-6/h7-16,33-34H,1-6H3,(H,41,49)(H,42,50). The van der Waals surface area contributed by atoms with E-state index in [1.54, 1.807) is 36.4 Å². The molecule has 0 aliphatic rings. The Labute approximate surface area is 329 Å². The number of nitrogens with one attached hydrogen (secondary N) is 2. The first-order valence-electron chi connectivity index (χ1n) is 15.6. The van der Waals surface area contributed by atoms with Gasteiger partial charge in [-0.1, -0.05) is 58.5 Å². The summed E-state index contributed by atoms with van der Waals surface area (Å²) in [6.45, 7) is 2.40. The number of benzene rings is 4. The molecule has 18 heteroatoms. The lowest BCUT2D eigenvalue weighted by Gasteiger charge is -2.15. The third kappa shape index (κ3) is 10.0. The van der Waals surface area contributed by atoms with Gasteiger partial charge < -0.3 is 29.6 Å². The van der Waals surface area contributed by atoms with Crippen molar-refractivity contribution in [3.05, 3.63) is 80.8 Å². The van der Waals surface area contributed by atoms with Gasteiger partial charge in [0, 0.05) is 24.3 Å². The van der Waals surface area contributed by atoms with Gasteiger partial charge in [-0.2, -0.15) is 20.5 Å². The lowest BCUT2D eigenvalue weighted by Crippen LogP contribution is -2.32. The molecule has 14 nitrogen and oxygen atoms in total. The number of azo groups is 2. The Hall–Kier alpha value is -5.28. The average Bonchev–Trinajstić information content (AvgIpc) is 3.13. The lowest BCUT2D eigenvalue weighted by atomic mass is 10.0. The smallest absolute Gasteiger partial charge is 0.258 e. The van der Waals surface area contributed by atoms with E-state index in [0.717, 1.165) is 0 Å². The Kier molecular flexibility index (Phi) is 14.3. The summed E-state index contributed by atoms with van der Waals surface area (Å²) in [5, 5.41) is 22.1. The summed E-state index contributed by atoms with van der Waals surface area (Å²) >= 11 is 25.3. The molecule has 0 bridgehead atoms. The molecule has 0 fully saturated rings. The maximum absolute atomic E-state index is 13.1. The van der Waals surface area contributed by atoms with E-state index in [0.29, 0.717) is 11.1 Å². The highest BCUT2D eigenvalue weighted by Crippen LogP contribution is 2.38. The van der Waals surface area contributed by atoms with Gasteiger partial charge in [0.1, 0.15) is 34.4 Å². The maximum atomic E-state index is 13.1. The molecule has 0 saturated carbocycles. The second-order valence-corrected chi connectivity index (χ2v) is 12.8. The molecule has 2 N–H and O–H groups in total. The summed E-state index contributed by atoms with van der Waals surface area (Å²) in [7, 11) is 5.61. The van der Waals surface area contributed by atoms with E-state index in [2.05, 4.69) is 31.1 Å². The van der Waals surface area contributed by atoms with Gasteiger partial charge in [0.05, 0.1) is 59.9 Å². The normalized spacial score (nSPS) is 12.3. The second kappa shape index (κ2) is 18.7. The number of ether oxygens (including phenoxy) is 4. The summed E-state index contributed by atoms with van der Waals surface area (Å²) in [5.41, 5.74) is 2.04. The molecule has 0 spiro atoms. The molecule has 54 heavy (non-hydrogen) atoms. The predicted octanol–water partition coefficient (Wildman–Crippen LogP) is 9.36. The van der Waals surface area contributed by atoms with E-state index in [9.17, 15) is 19.2 Å². The minimum atomic E-state index is -1.51. The van der Waals surface area contributed by atoms with Crippen LogP contribution in [-0.2, 0) is 19.2 Å². The first-order chi connectivity index (χ1) is 25.7. The van der Waals surface area contributed by atoms with Crippen molar-refractivity contribution in [2.24, 2.45) is 20.5 Å². The molecular formula is C36H32Cl4N6O8. The Morgan fingerprint density at radius 2 is 0.870 bits per heavy atom. The van der Waals surface area contributed by atoms with Crippen LogP contribution in [0.2, 0.25) is 20.1 Å².